The average molecular weight is 410 g/mol. The Kier molecular flexibility index (Phi) is 5.69. The average Bonchev–Trinajstić information content (AvgIpc) is 3.10. The van der Waals surface area contributed by atoms with Crippen LogP contribution in [0.15, 0.2) is 36.5 Å². The van der Waals surface area contributed by atoms with Crippen molar-refractivity contribution in [3.63, 3.8) is 0 Å². The van der Waals surface area contributed by atoms with E-state index >= 15 is 0 Å². The molecule has 30 heavy (non-hydrogen) atoms. The standard InChI is InChI=1S/C21H26N6O3/c1-21(2,3)17-16(13(11-22)9-10-26(17)20(29)30)27-12-15(18(23)28)19(25-27)24-14-7-5-4-6-8-14/h4-8,12-13,16-17H,9-10H2,1-3H3,(H2,23,28)(H,24,25)(H,29,30)/t13-,16-,17?/m0/s1. The summed E-state index contributed by atoms with van der Waals surface area (Å²) < 4.78 is 1.53. The van der Waals surface area contributed by atoms with Crippen molar-refractivity contribution in [1.82, 2.24) is 14.7 Å². The summed E-state index contributed by atoms with van der Waals surface area (Å²) in [6.45, 7) is 6.07. The van der Waals surface area contributed by atoms with E-state index in [1.165, 1.54) is 15.8 Å². The van der Waals surface area contributed by atoms with Gasteiger partial charge in [0.1, 0.15) is 5.56 Å². The molecule has 1 aliphatic rings. The van der Waals surface area contributed by atoms with Gasteiger partial charge in [-0.3, -0.25) is 9.48 Å². The van der Waals surface area contributed by atoms with Gasteiger partial charge in [-0.25, -0.2) is 4.79 Å². The molecule has 4 N–H and O–H groups in total. The fourth-order valence-corrected chi connectivity index (χ4v) is 4.13. The molecule has 0 saturated carbocycles. The third kappa shape index (κ3) is 4.08. The Bertz CT molecular complexity index is 973. The first-order valence-electron chi connectivity index (χ1n) is 9.73. The number of hydrogen-bond acceptors (Lipinski definition) is 5. The molecule has 9 nitrogen and oxygen atoms in total. The van der Waals surface area contributed by atoms with Crippen LogP contribution < -0.4 is 11.1 Å². The van der Waals surface area contributed by atoms with Gasteiger partial charge in [-0.05, 0) is 24.0 Å². The number of nitrogens with one attached hydrogen (secondary N) is 1. The highest BCUT2D eigenvalue weighted by atomic mass is 16.4. The molecule has 0 radical (unpaired) electrons. The van der Waals surface area contributed by atoms with E-state index in [1.807, 2.05) is 51.1 Å². The van der Waals surface area contributed by atoms with Gasteiger partial charge in [0.15, 0.2) is 5.82 Å². The summed E-state index contributed by atoms with van der Waals surface area (Å²) in [6.07, 6.45) is 0.848. The van der Waals surface area contributed by atoms with Gasteiger partial charge in [-0.15, -0.1) is 0 Å². The molecule has 1 aliphatic heterocycles. The lowest BCUT2D eigenvalue weighted by Gasteiger charge is -2.48. The second kappa shape index (κ2) is 8.06. The van der Waals surface area contributed by atoms with Crippen LogP contribution in [0.3, 0.4) is 0 Å². The number of carbonyl (C=O) groups is 2. The number of benzene rings is 1. The maximum Gasteiger partial charge on any atom is 0.407 e. The number of nitrogens with zero attached hydrogens (tertiary/aromatic N) is 4. The topological polar surface area (TPSA) is 137 Å². The Balaban J connectivity index is 2.10. The Morgan fingerprint density at radius 1 is 1.30 bits per heavy atom. The lowest BCUT2D eigenvalue weighted by atomic mass is 9.74. The molecule has 3 atom stereocenters. The molecule has 1 unspecified atom stereocenters. The normalized spacial score (nSPS) is 21.7. The van der Waals surface area contributed by atoms with Gasteiger partial charge in [-0.1, -0.05) is 39.0 Å². The number of piperidine rings is 1. The molecule has 2 amide bonds. The number of hydrogen-bond donors (Lipinski definition) is 3. The minimum absolute atomic E-state index is 0.177. The molecule has 0 spiro atoms. The number of aromatic nitrogens is 2. The molecule has 9 heteroatoms. The molecule has 1 fully saturated rings. The molecule has 1 aromatic carbocycles. The van der Waals surface area contributed by atoms with Crippen molar-refractivity contribution in [1.29, 1.82) is 5.26 Å². The SMILES string of the molecule is CC(C)(C)C1[C@@H](n2cc(C(N)=O)c(Nc3ccccc3)n2)[C@H](C#N)CCN1C(=O)O. The Labute approximate surface area is 175 Å². The van der Waals surface area contributed by atoms with Crippen LogP contribution in [-0.4, -0.2) is 44.4 Å². The number of carbonyl (C=O) groups excluding carboxylic acids is 1. The van der Waals surface area contributed by atoms with Crippen molar-refractivity contribution < 1.29 is 14.7 Å². The van der Waals surface area contributed by atoms with Crippen LogP contribution in [0.1, 0.15) is 43.6 Å². The van der Waals surface area contributed by atoms with E-state index in [0.717, 1.165) is 5.69 Å². The van der Waals surface area contributed by atoms with E-state index in [2.05, 4.69) is 16.5 Å². The van der Waals surface area contributed by atoms with Crippen LogP contribution in [0.2, 0.25) is 0 Å². The number of amides is 2. The summed E-state index contributed by atoms with van der Waals surface area (Å²) in [5, 5.41) is 27.2. The number of likely N-dealkylation sites (tertiary alicyclic amines) is 1. The molecule has 2 aromatic rings. The Morgan fingerprint density at radius 3 is 2.50 bits per heavy atom. The van der Waals surface area contributed by atoms with E-state index in [4.69, 9.17) is 5.73 Å². The number of para-hydroxylation sites is 1. The van der Waals surface area contributed by atoms with E-state index in [0.29, 0.717) is 6.42 Å². The number of rotatable bonds is 4. The molecular formula is C21H26N6O3. The molecule has 1 saturated heterocycles. The van der Waals surface area contributed by atoms with Crippen molar-refractivity contribution in [3.8, 4) is 6.07 Å². The van der Waals surface area contributed by atoms with Crippen LogP contribution in [0.25, 0.3) is 0 Å². The van der Waals surface area contributed by atoms with Crippen molar-refractivity contribution in [2.75, 3.05) is 11.9 Å². The lowest BCUT2D eigenvalue weighted by Crippen LogP contribution is -2.57. The summed E-state index contributed by atoms with van der Waals surface area (Å²) >= 11 is 0. The number of anilines is 2. The van der Waals surface area contributed by atoms with E-state index in [-0.39, 0.29) is 17.9 Å². The molecule has 3 rings (SSSR count). The Hall–Kier alpha value is -3.54. The monoisotopic (exact) mass is 410 g/mol. The predicted molar refractivity (Wildman–Crippen MR) is 111 cm³/mol. The van der Waals surface area contributed by atoms with Gasteiger partial charge in [0.2, 0.25) is 0 Å². The van der Waals surface area contributed by atoms with Crippen LogP contribution in [0.5, 0.6) is 0 Å². The number of primary amides is 1. The largest absolute Gasteiger partial charge is 0.465 e. The summed E-state index contributed by atoms with van der Waals surface area (Å²) in [6, 6.07) is 10.4. The maximum absolute atomic E-state index is 12.1. The first kappa shape index (κ1) is 21.2. The highest BCUT2D eigenvalue weighted by Crippen LogP contribution is 2.42. The summed E-state index contributed by atoms with van der Waals surface area (Å²) in [5.41, 5.74) is 6.01. The third-order valence-corrected chi connectivity index (χ3v) is 5.39. The maximum atomic E-state index is 12.1. The lowest BCUT2D eigenvalue weighted by molar-refractivity contribution is 0.00841. The van der Waals surface area contributed by atoms with Gasteiger partial charge >= 0.3 is 6.09 Å². The molecule has 1 aromatic heterocycles. The fraction of sp³-hybridized carbons (Fsp3) is 0.429. The van der Waals surface area contributed by atoms with Crippen molar-refractivity contribution in [3.05, 3.63) is 42.1 Å². The molecule has 0 bridgehead atoms. The number of nitrogens with two attached hydrogens (primary N) is 1. The fourth-order valence-electron chi connectivity index (χ4n) is 4.13. The zero-order valence-electron chi connectivity index (χ0n) is 17.2. The smallest absolute Gasteiger partial charge is 0.407 e. The van der Waals surface area contributed by atoms with Crippen molar-refractivity contribution in [2.45, 2.75) is 39.3 Å². The number of nitriles is 1. The van der Waals surface area contributed by atoms with Crippen LogP contribution in [0, 0.1) is 22.7 Å². The molecule has 2 heterocycles. The van der Waals surface area contributed by atoms with E-state index in [1.54, 1.807) is 0 Å². The minimum Gasteiger partial charge on any atom is -0.465 e. The third-order valence-electron chi connectivity index (χ3n) is 5.39. The van der Waals surface area contributed by atoms with Crippen LogP contribution in [0.4, 0.5) is 16.3 Å². The molecule has 158 valence electrons. The van der Waals surface area contributed by atoms with Gasteiger partial charge < -0.3 is 21.1 Å². The van der Waals surface area contributed by atoms with Crippen LogP contribution >= 0.6 is 0 Å². The van der Waals surface area contributed by atoms with Gasteiger partial charge in [0.25, 0.3) is 5.91 Å². The molecule has 0 aliphatic carbocycles. The first-order chi connectivity index (χ1) is 14.1. The van der Waals surface area contributed by atoms with Crippen LogP contribution in [-0.2, 0) is 0 Å². The zero-order chi connectivity index (χ0) is 22.1. The van der Waals surface area contributed by atoms with Gasteiger partial charge in [0, 0.05) is 18.4 Å². The minimum atomic E-state index is -1.04. The summed E-state index contributed by atoms with van der Waals surface area (Å²) in [7, 11) is 0. The zero-order valence-corrected chi connectivity index (χ0v) is 17.2. The van der Waals surface area contributed by atoms with Crippen molar-refractivity contribution in [2.24, 2.45) is 17.1 Å². The molecular weight excluding hydrogens is 384 g/mol. The second-order valence-corrected chi connectivity index (χ2v) is 8.53. The second-order valence-electron chi connectivity index (χ2n) is 8.53. The quantitative estimate of drug-likeness (QED) is 0.708. The van der Waals surface area contributed by atoms with E-state index in [9.17, 15) is 20.0 Å². The van der Waals surface area contributed by atoms with Gasteiger partial charge in [0.05, 0.1) is 24.1 Å². The number of carboxylic acid groups (broad SMARTS) is 1. The van der Waals surface area contributed by atoms with Crippen molar-refractivity contribution >= 4 is 23.5 Å². The Morgan fingerprint density at radius 2 is 1.97 bits per heavy atom. The highest BCUT2D eigenvalue weighted by molar-refractivity contribution is 5.98. The highest BCUT2D eigenvalue weighted by Gasteiger charge is 2.48. The summed E-state index contributed by atoms with van der Waals surface area (Å²) in [4.78, 5) is 25.4. The van der Waals surface area contributed by atoms with E-state index < -0.39 is 35.4 Å². The summed E-state index contributed by atoms with van der Waals surface area (Å²) in [5.74, 6) is -0.855. The van der Waals surface area contributed by atoms with Gasteiger partial charge in [-0.2, -0.15) is 10.4 Å². The first-order valence-corrected chi connectivity index (χ1v) is 9.73. The predicted octanol–water partition coefficient (Wildman–Crippen LogP) is 3.20.